The van der Waals surface area contributed by atoms with Crippen LogP contribution in [0.2, 0.25) is 0 Å². The third-order valence-corrected chi connectivity index (χ3v) is 3.87. The number of alkyl halides is 1. The average Bonchev–Trinajstić information content (AvgIpc) is 2.47. The zero-order valence-corrected chi connectivity index (χ0v) is 12.6. The van der Waals surface area contributed by atoms with Gasteiger partial charge in [-0.15, -0.1) is 11.6 Å². The zero-order valence-electron chi connectivity index (χ0n) is 11.9. The molecule has 2 aromatic carbocycles. The summed E-state index contributed by atoms with van der Waals surface area (Å²) in [6, 6.07) is 12.9. The van der Waals surface area contributed by atoms with E-state index in [0.29, 0.717) is 5.92 Å². The van der Waals surface area contributed by atoms with Crippen molar-refractivity contribution in [3.63, 3.8) is 0 Å². The molecule has 20 heavy (non-hydrogen) atoms. The molecule has 2 aromatic rings. The smallest absolute Gasteiger partial charge is 0.165 e. The second kappa shape index (κ2) is 6.27. The highest BCUT2D eigenvalue weighted by Gasteiger charge is 2.14. The van der Waals surface area contributed by atoms with E-state index < -0.39 is 0 Å². The Morgan fingerprint density at radius 3 is 2.05 bits per heavy atom. The number of methoxy groups -OCH3 is 1. The first-order valence-corrected chi connectivity index (χ1v) is 7.04. The van der Waals surface area contributed by atoms with Crippen molar-refractivity contribution in [3.05, 3.63) is 65.0 Å². The summed E-state index contributed by atoms with van der Waals surface area (Å²) in [5.41, 5.74) is 3.08. The maximum Gasteiger partial charge on any atom is 0.165 e. The van der Waals surface area contributed by atoms with Crippen molar-refractivity contribution in [1.82, 2.24) is 0 Å². The van der Waals surface area contributed by atoms with Gasteiger partial charge < -0.3 is 4.74 Å². The molecule has 0 saturated carbocycles. The van der Waals surface area contributed by atoms with E-state index in [4.69, 9.17) is 16.3 Å². The summed E-state index contributed by atoms with van der Waals surface area (Å²) in [5.74, 6) is 0.325. The summed E-state index contributed by atoms with van der Waals surface area (Å²) < 4.78 is 18.4. The molecule has 0 heterocycles. The second-order valence-corrected chi connectivity index (χ2v) is 5.51. The fraction of sp³-hybridized carbons (Fsp3) is 0.294. The molecule has 0 aliphatic rings. The fourth-order valence-corrected chi connectivity index (χ4v) is 2.36. The maximum absolute atomic E-state index is 13.4. The monoisotopic (exact) mass is 292 g/mol. The minimum atomic E-state index is -0.379. The van der Waals surface area contributed by atoms with Gasteiger partial charge in [0.2, 0.25) is 0 Å². The van der Waals surface area contributed by atoms with Crippen molar-refractivity contribution in [2.45, 2.75) is 25.1 Å². The largest absolute Gasteiger partial charge is 0.494 e. The van der Waals surface area contributed by atoms with E-state index in [1.165, 1.54) is 18.7 Å². The van der Waals surface area contributed by atoms with Crippen LogP contribution in [0.3, 0.4) is 0 Å². The molecule has 0 aliphatic carbocycles. The van der Waals surface area contributed by atoms with Crippen molar-refractivity contribution in [2.75, 3.05) is 7.11 Å². The van der Waals surface area contributed by atoms with Gasteiger partial charge in [0.1, 0.15) is 0 Å². The van der Waals surface area contributed by atoms with Crippen LogP contribution in [0.1, 0.15) is 41.8 Å². The molecular weight excluding hydrogens is 275 g/mol. The molecule has 0 spiro atoms. The van der Waals surface area contributed by atoms with Crippen LogP contribution in [0.4, 0.5) is 4.39 Å². The lowest BCUT2D eigenvalue weighted by molar-refractivity contribution is 0.386. The van der Waals surface area contributed by atoms with Crippen LogP contribution in [-0.4, -0.2) is 7.11 Å². The van der Waals surface area contributed by atoms with Crippen molar-refractivity contribution < 1.29 is 9.13 Å². The molecule has 0 radical (unpaired) electrons. The molecule has 0 amide bonds. The Labute approximate surface area is 124 Å². The normalized spacial score (nSPS) is 12.5. The summed E-state index contributed by atoms with van der Waals surface area (Å²) in [7, 11) is 1.45. The molecule has 3 heteroatoms. The predicted octanol–water partition coefficient (Wildman–Crippen LogP) is 5.29. The van der Waals surface area contributed by atoms with Crippen molar-refractivity contribution in [2.24, 2.45) is 0 Å². The number of rotatable bonds is 4. The number of benzene rings is 2. The van der Waals surface area contributed by atoms with Crippen molar-refractivity contribution in [3.8, 4) is 5.75 Å². The molecule has 1 atom stereocenters. The molecule has 0 saturated heterocycles. The van der Waals surface area contributed by atoms with Crippen LogP contribution in [0, 0.1) is 5.82 Å². The Morgan fingerprint density at radius 2 is 1.50 bits per heavy atom. The van der Waals surface area contributed by atoms with E-state index in [1.807, 2.05) is 12.1 Å². The fourth-order valence-electron chi connectivity index (χ4n) is 2.08. The SMILES string of the molecule is COc1cc(C(Cl)c2ccc(C(C)C)cc2)ccc1F. The Bertz CT molecular complexity index is 578. The van der Waals surface area contributed by atoms with E-state index in [-0.39, 0.29) is 16.9 Å². The highest BCUT2D eigenvalue weighted by atomic mass is 35.5. The topological polar surface area (TPSA) is 9.23 Å². The van der Waals surface area contributed by atoms with E-state index >= 15 is 0 Å². The minimum Gasteiger partial charge on any atom is -0.494 e. The van der Waals surface area contributed by atoms with Crippen LogP contribution in [0.25, 0.3) is 0 Å². The van der Waals surface area contributed by atoms with Gasteiger partial charge in [0, 0.05) is 0 Å². The zero-order chi connectivity index (χ0) is 14.7. The van der Waals surface area contributed by atoms with Gasteiger partial charge in [0.15, 0.2) is 11.6 Å². The molecule has 0 aliphatic heterocycles. The molecule has 0 fully saturated rings. The summed E-state index contributed by atoms with van der Waals surface area (Å²) in [4.78, 5) is 0. The van der Waals surface area contributed by atoms with Gasteiger partial charge in [0.25, 0.3) is 0 Å². The molecule has 0 bridgehead atoms. The summed E-state index contributed by atoms with van der Waals surface area (Å²) in [5, 5.41) is -0.314. The number of ether oxygens (including phenoxy) is 1. The summed E-state index contributed by atoms with van der Waals surface area (Å²) in [6.07, 6.45) is 0. The molecular formula is C17H18ClFO. The lowest BCUT2D eigenvalue weighted by Gasteiger charge is -2.13. The van der Waals surface area contributed by atoms with E-state index in [0.717, 1.165) is 11.1 Å². The van der Waals surface area contributed by atoms with Crippen LogP contribution in [-0.2, 0) is 0 Å². The predicted molar refractivity (Wildman–Crippen MR) is 81.2 cm³/mol. The van der Waals surface area contributed by atoms with Gasteiger partial charge in [-0.2, -0.15) is 0 Å². The van der Waals surface area contributed by atoms with Gasteiger partial charge in [-0.3, -0.25) is 0 Å². The summed E-state index contributed by atoms with van der Waals surface area (Å²) >= 11 is 6.47. The quantitative estimate of drug-likeness (QED) is 0.696. The van der Waals surface area contributed by atoms with Gasteiger partial charge >= 0.3 is 0 Å². The Hall–Kier alpha value is -1.54. The summed E-state index contributed by atoms with van der Waals surface area (Å²) in [6.45, 7) is 4.30. The number of hydrogen-bond donors (Lipinski definition) is 0. The first kappa shape index (κ1) is 14.9. The maximum atomic E-state index is 13.4. The lowest BCUT2D eigenvalue weighted by atomic mass is 9.98. The van der Waals surface area contributed by atoms with Gasteiger partial charge in [-0.1, -0.05) is 44.2 Å². The van der Waals surface area contributed by atoms with E-state index in [9.17, 15) is 4.39 Å². The molecule has 106 valence electrons. The number of halogens is 2. The Balaban J connectivity index is 2.28. The molecule has 1 unspecified atom stereocenters. The molecule has 0 N–H and O–H groups in total. The van der Waals surface area contributed by atoms with Gasteiger partial charge in [-0.25, -0.2) is 4.39 Å². The van der Waals surface area contributed by atoms with Crippen LogP contribution in [0.15, 0.2) is 42.5 Å². The van der Waals surface area contributed by atoms with Gasteiger partial charge in [-0.05, 0) is 34.7 Å². The molecule has 0 aromatic heterocycles. The first-order valence-electron chi connectivity index (χ1n) is 6.60. The third-order valence-electron chi connectivity index (χ3n) is 3.36. The van der Waals surface area contributed by atoms with Gasteiger partial charge in [0.05, 0.1) is 12.5 Å². The van der Waals surface area contributed by atoms with Crippen LogP contribution < -0.4 is 4.74 Å². The third kappa shape index (κ3) is 3.13. The standard InChI is InChI=1S/C17H18ClFO/c1-11(2)12-4-6-13(7-5-12)17(18)14-8-9-15(19)16(10-14)20-3/h4-11,17H,1-3H3. The molecule has 1 nitrogen and oxygen atoms in total. The second-order valence-electron chi connectivity index (χ2n) is 5.08. The first-order chi connectivity index (χ1) is 9.52. The lowest BCUT2D eigenvalue weighted by Crippen LogP contribution is -1.97. The average molecular weight is 293 g/mol. The Kier molecular flexibility index (Phi) is 4.66. The van der Waals surface area contributed by atoms with E-state index in [2.05, 4.69) is 26.0 Å². The Morgan fingerprint density at radius 1 is 0.950 bits per heavy atom. The minimum absolute atomic E-state index is 0.215. The highest BCUT2D eigenvalue weighted by molar-refractivity contribution is 6.22. The highest BCUT2D eigenvalue weighted by Crippen LogP contribution is 2.32. The van der Waals surface area contributed by atoms with Crippen molar-refractivity contribution >= 4 is 11.6 Å². The van der Waals surface area contributed by atoms with Crippen LogP contribution in [0.5, 0.6) is 5.75 Å². The number of hydrogen-bond acceptors (Lipinski definition) is 1. The molecule has 2 rings (SSSR count). The van der Waals surface area contributed by atoms with E-state index in [1.54, 1.807) is 12.1 Å². The van der Waals surface area contributed by atoms with Crippen molar-refractivity contribution in [1.29, 1.82) is 0 Å². The van der Waals surface area contributed by atoms with Crippen LogP contribution >= 0.6 is 11.6 Å².